The molecule has 2 aromatic rings. The molecule has 1 aromatic heterocycles. The molecule has 3 aliphatic rings. The van der Waals surface area contributed by atoms with E-state index >= 15 is 0 Å². The average molecular weight is 558 g/mol. The Morgan fingerprint density at radius 3 is 2.67 bits per heavy atom. The summed E-state index contributed by atoms with van der Waals surface area (Å²) in [5.74, 6) is -0.381. The fourth-order valence-electron chi connectivity index (χ4n) is 6.40. The van der Waals surface area contributed by atoms with Crippen molar-refractivity contribution in [2.75, 3.05) is 19.6 Å². The summed E-state index contributed by atoms with van der Waals surface area (Å²) in [6.07, 6.45) is 4.37. The number of hydrogen-bond acceptors (Lipinski definition) is 6. The maximum absolute atomic E-state index is 14.2. The quantitative estimate of drug-likeness (QED) is 0.517. The van der Waals surface area contributed by atoms with Gasteiger partial charge in [-0.25, -0.2) is 0 Å². The lowest BCUT2D eigenvalue weighted by Gasteiger charge is -2.45. The van der Waals surface area contributed by atoms with Crippen molar-refractivity contribution in [1.82, 2.24) is 15.0 Å². The molecule has 3 heterocycles. The summed E-state index contributed by atoms with van der Waals surface area (Å²) in [5.41, 5.74) is 2.16. The third-order valence-corrected chi connectivity index (χ3v) is 9.39. The fraction of sp³-hybridized carbons (Fsp3) is 0.586. The zero-order chi connectivity index (χ0) is 27.9. The first-order valence-electron chi connectivity index (χ1n) is 13.8. The van der Waals surface area contributed by atoms with Gasteiger partial charge in [-0.1, -0.05) is 29.6 Å². The number of amides is 2. The van der Waals surface area contributed by atoms with Gasteiger partial charge in [-0.2, -0.15) is 0 Å². The molecule has 1 saturated heterocycles. The molecule has 0 spiro atoms. The zero-order valence-corrected chi connectivity index (χ0v) is 23.6. The Hall–Kier alpha value is -3.07. The molecule has 1 N–H and O–H groups in total. The van der Waals surface area contributed by atoms with Crippen molar-refractivity contribution < 1.29 is 28.8 Å². The molecule has 5 rings (SSSR count). The van der Waals surface area contributed by atoms with Gasteiger partial charge in [-0.05, 0) is 64.2 Å². The van der Waals surface area contributed by atoms with Crippen LogP contribution >= 0.6 is 11.6 Å². The lowest BCUT2D eigenvalue weighted by Crippen LogP contribution is -2.52. The number of benzene rings is 1. The maximum atomic E-state index is 14.2. The Kier molecular flexibility index (Phi) is 7.64. The fourth-order valence-corrected chi connectivity index (χ4v) is 6.65. The van der Waals surface area contributed by atoms with Crippen molar-refractivity contribution in [3.63, 3.8) is 0 Å². The Balaban J connectivity index is 1.53. The Morgan fingerprint density at radius 1 is 1.21 bits per heavy atom. The SMILES string of the molecule is Cc1onc(COc2ccc(Cl)c3c2C(CN2CCCC2=O)N(C(=O)C2CCCC[C@]2(C)C(=O)O)CC3)c1C. The zero-order valence-electron chi connectivity index (χ0n) is 22.8. The summed E-state index contributed by atoms with van der Waals surface area (Å²) >= 11 is 6.69. The van der Waals surface area contributed by atoms with Crippen LogP contribution in [0, 0.1) is 25.2 Å². The number of aliphatic carboxylic acids is 1. The largest absolute Gasteiger partial charge is 0.487 e. The van der Waals surface area contributed by atoms with E-state index in [2.05, 4.69) is 5.16 Å². The number of rotatable bonds is 7. The molecule has 2 unspecified atom stereocenters. The predicted molar refractivity (Wildman–Crippen MR) is 143 cm³/mol. The second kappa shape index (κ2) is 10.8. The Labute approximate surface area is 233 Å². The highest BCUT2D eigenvalue weighted by molar-refractivity contribution is 6.31. The summed E-state index contributed by atoms with van der Waals surface area (Å²) in [6, 6.07) is 3.10. The number of carbonyl (C=O) groups is 3. The van der Waals surface area contributed by atoms with Gasteiger partial charge in [0.15, 0.2) is 0 Å². The van der Waals surface area contributed by atoms with Crippen molar-refractivity contribution >= 4 is 29.4 Å². The van der Waals surface area contributed by atoms with Crippen LogP contribution in [-0.2, 0) is 27.4 Å². The molecule has 2 aliphatic heterocycles. The molecule has 2 fully saturated rings. The van der Waals surface area contributed by atoms with Gasteiger partial charge < -0.3 is 24.2 Å². The van der Waals surface area contributed by atoms with Crippen molar-refractivity contribution in [2.24, 2.45) is 11.3 Å². The van der Waals surface area contributed by atoms with Crippen LogP contribution in [0.25, 0.3) is 0 Å². The average Bonchev–Trinajstić information content (AvgIpc) is 3.47. The van der Waals surface area contributed by atoms with Crippen LogP contribution in [0.2, 0.25) is 5.02 Å². The number of nitrogens with zero attached hydrogens (tertiary/aromatic N) is 3. The number of halogens is 1. The van der Waals surface area contributed by atoms with E-state index in [1.165, 1.54) is 0 Å². The standard InChI is InChI=1S/C29H36ClN3O6/c1-17-18(2)39-31-22(17)16-38-24-10-9-21(30)19-11-14-33(23(26(19)24)15-32-13-6-8-25(32)34)27(35)20-7-4-5-12-29(20,3)28(36)37/h9-10,20,23H,4-8,11-16H2,1-3H3,(H,36,37)/t20?,23?,29-/m0/s1. The molecule has 1 aromatic carbocycles. The molecule has 10 heteroatoms. The molecule has 0 bridgehead atoms. The van der Waals surface area contributed by atoms with E-state index in [1.807, 2.05) is 13.8 Å². The number of ether oxygens (including phenoxy) is 1. The van der Waals surface area contributed by atoms with Gasteiger partial charge in [-0.3, -0.25) is 14.4 Å². The van der Waals surface area contributed by atoms with Crippen LogP contribution in [0.3, 0.4) is 0 Å². The number of likely N-dealkylation sites (tertiary alicyclic amines) is 1. The van der Waals surface area contributed by atoms with Gasteiger partial charge >= 0.3 is 5.97 Å². The summed E-state index contributed by atoms with van der Waals surface area (Å²) in [4.78, 5) is 42.9. The van der Waals surface area contributed by atoms with Gasteiger partial charge in [0.2, 0.25) is 11.8 Å². The second-order valence-electron chi connectivity index (χ2n) is 11.3. The van der Waals surface area contributed by atoms with Crippen LogP contribution in [0.5, 0.6) is 5.75 Å². The summed E-state index contributed by atoms with van der Waals surface area (Å²) in [7, 11) is 0. The van der Waals surface area contributed by atoms with Crippen LogP contribution < -0.4 is 4.74 Å². The molecule has 9 nitrogen and oxygen atoms in total. The number of aromatic nitrogens is 1. The molecule has 3 atom stereocenters. The van der Waals surface area contributed by atoms with Gasteiger partial charge in [0.05, 0.1) is 17.4 Å². The predicted octanol–water partition coefficient (Wildman–Crippen LogP) is 4.85. The molecule has 0 radical (unpaired) electrons. The first kappa shape index (κ1) is 27.5. The van der Waals surface area contributed by atoms with E-state index in [9.17, 15) is 19.5 Å². The number of carbonyl (C=O) groups excluding carboxylic acids is 2. The number of fused-ring (bicyclic) bond motifs is 1. The maximum Gasteiger partial charge on any atom is 0.310 e. The number of hydrogen-bond donors (Lipinski definition) is 1. The topological polar surface area (TPSA) is 113 Å². The summed E-state index contributed by atoms with van der Waals surface area (Å²) in [6.45, 7) is 6.98. The minimum atomic E-state index is -1.13. The third kappa shape index (κ3) is 5.01. The first-order valence-corrected chi connectivity index (χ1v) is 14.2. The normalized spacial score (nSPS) is 25.1. The van der Waals surface area contributed by atoms with E-state index < -0.39 is 23.3 Å². The lowest BCUT2D eigenvalue weighted by atomic mass is 9.66. The smallest absolute Gasteiger partial charge is 0.310 e. The van der Waals surface area contributed by atoms with E-state index in [1.54, 1.807) is 28.9 Å². The number of aryl methyl sites for hydroxylation is 1. The van der Waals surface area contributed by atoms with Crippen molar-refractivity contribution in [3.05, 3.63) is 45.3 Å². The second-order valence-corrected chi connectivity index (χ2v) is 11.7. The van der Waals surface area contributed by atoms with Gasteiger partial charge in [-0.15, -0.1) is 0 Å². The van der Waals surface area contributed by atoms with Crippen molar-refractivity contribution in [3.8, 4) is 5.75 Å². The Morgan fingerprint density at radius 2 is 2.00 bits per heavy atom. The molecule has 2 amide bonds. The molecule has 1 saturated carbocycles. The van der Waals surface area contributed by atoms with E-state index in [-0.39, 0.29) is 18.4 Å². The summed E-state index contributed by atoms with van der Waals surface area (Å²) < 4.78 is 11.6. The lowest BCUT2D eigenvalue weighted by molar-refractivity contribution is -0.162. The van der Waals surface area contributed by atoms with Crippen LogP contribution in [-0.4, -0.2) is 57.5 Å². The highest BCUT2D eigenvalue weighted by Gasteiger charge is 2.50. The van der Waals surface area contributed by atoms with Gasteiger partial charge in [0, 0.05) is 42.2 Å². The number of carboxylic acid groups (broad SMARTS) is 1. The molecule has 39 heavy (non-hydrogen) atoms. The van der Waals surface area contributed by atoms with Crippen LogP contribution in [0.15, 0.2) is 16.7 Å². The van der Waals surface area contributed by atoms with Crippen molar-refractivity contribution in [2.45, 2.75) is 78.4 Å². The van der Waals surface area contributed by atoms with E-state index in [0.29, 0.717) is 61.8 Å². The highest BCUT2D eigenvalue weighted by Crippen LogP contribution is 2.46. The minimum Gasteiger partial charge on any atom is -0.487 e. The van der Waals surface area contributed by atoms with Gasteiger partial charge in [0.25, 0.3) is 0 Å². The Bertz CT molecular complexity index is 1290. The highest BCUT2D eigenvalue weighted by atomic mass is 35.5. The molecular formula is C29H36ClN3O6. The molecule has 1 aliphatic carbocycles. The van der Waals surface area contributed by atoms with Crippen molar-refractivity contribution in [1.29, 1.82) is 0 Å². The van der Waals surface area contributed by atoms with E-state index in [4.69, 9.17) is 20.9 Å². The van der Waals surface area contributed by atoms with Crippen LogP contribution in [0.4, 0.5) is 0 Å². The van der Waals surface area contributed by atoms with E-state index in [0.717, 1.165) is 41.7 Å². The van der Waals surface area contributed by atoms with Gasteiger partial charge in [0.1, 0.15) is 23.8 Å². The molecule has 210 valence electrons. The monoisotopic (exact) mass is 557 g/mol. The third-order valence-electron chi connectivity index (χ3n) is 9.03. The first-order chi connectivity index (χ1) is 18.6. The minimum absolute atomic E-state index is 0.0563. The number of carboxylic acids is 1. The summed E-state index contributed by atoms with van der Waals surface area (Å²) in [5, 5.41) is 14.8. The van der Waals surface area contributed by atoms with Crippen LogP contribution in [0.1, 0.15) is 79.6 Å². The molecular weight excluding hydrogens is 522 g/mol.